The number of hydrogen-bond donors (Lipinski definition) is 2. The number of halogens is 1. The van der Waals surface area contributed by atoms with E-state index in [1.807, 2.05) is 6.92 Å². The van der Waals surface area contributed by atoms with Crippen molar-refractivity contribution in [1.82, 2.24) is 5.32 Å². The number of non-ortho nitro benzene ring substituents is 1. The first-order valence-electron chi connectivity index (χ1n) is 8.31. The van der Waals surface area contributed by atoms with E-state index in [1.54, 1.807) is 38.1 Å². The third-order valence-electron chi connectivity index (χ3n) is 3.97. The molecule has 0 saturated carbocycles. The van der Waals surface area contributed by atoms with Crippen LogP contribution in [-0.2, 0) is 4.79 Å². The number of nitro benzene ring substituents is 1. The van der Waals surface area contributed by atoms with E-state index in [0.717, 1.165) is 23.8 Å². The van der Waals surface area contributed by atoms with E-state index >= 15 is 0 Å². The van der Waals surface area contributed by atoms with Crippen molar-refractivity contribution >= 4 is 23.2 Å². The summed E-state index contributed by atoms with van der Waals surface area (Å²) >= 11 is 0. The van der Waals surface area contributed by atoms with Crippen LogP contribution in [0.4, 0.5) is 15.8 Å². The lowest BCUT2D eigenvalue weighted by atomic mass is 10.0. The Morgan fingerprint density at radius 3 is 2.30 bits per heavy atom. The molecule has 0 bridgehead atoms. The molecule has 142 valence electrons. The molecule has 1 atom stereocenters. The van der Waals surface area contributed by atoms with Crippen molar-refractivity contribution < 1.29 is 18.9 Å². The average molecular weight is 373 g/mol. The molecule has 2 rings (SSSR count). The summed E-state index contributed by atoms with van der Waals surface area (Å²) in [6, 6.07) is 8.73. The maximum absolute atomic E-state index is 13.9. The standard InChI is InChI=1S/C19H20FN3O4/c1-11(2)17(22-18(24)13-6-4-12(3)5-7-13)19(25)21-16-10-14(23(26)27)8-9-15(16)20/h4-11,17H,1-3H3,(H,21,25)(H,22,24)/t17-/m0/s1. The number of benzene rings is 2. The number of amides is 2. The van der Waals surface area contributed by atoms with Crippen LogP contribution >= 0.6 is 0 Å². The Kier molecular flexibility index (Phi) is 6.23. The smallest absolute Gasteiger partial charge is 0.271 e. The Hall–Kier alpha value is -3.29. The van der Waals surface area contributed by atoms with Gasteiger partial charge in [-0.1, -0.05) is 31.5 Å². The zero-order valence-corrected chi connectivity index (χ0v) is 15.2. The highest BCUT2D eigenvalue weighted by molar-refractivity contribution is 6.01. The second-order valence-electron chi connectivity index (χ2n) is 6.47. The third-order valence-corrected chi connectivity index (χ3v) is 3.97. The topological polar surface area (TPSA) is 101 Å². The molecule has 0 unspecified atom stereocenters. The van der Waals surface area contributed by atoms with Crippen LogP contribution in [-0.4, -0.2) is 22.8 Å². The number of carbonyl (C=O) groups is 2. The molecular weight excluding hydrogens is 353 g/mol. The molecule has 0 aromatic heterocycles. The number of carbonyl (C=O) groups excluding carboxylic acids is 2. The first-order chi connectivity index (χ1) is 12.7. The Balaban J connectivity index is 2.18. The molecule has 0 saturated heterocycles. The van der Waals surface area contributed by atoms with Crippen molar-refractivity contribution in [3.05, 3.63) is 69.5 Å². The molecule has 2 N–H and O–H groups in total. The van der Waals surface area contributed by atoms with Gasteiger partial charge in [0.15, 0.2) is 0 Å². The Morgan fingerprint density at radius 1 is 1.11 bits per heavy atom. The summed E-state index contributed by atoms with van der Waals surface area (Å²) in [5, 5.41) is 15.8. The minimum absolute atomic E-state index is 0.291. The Bertz CT molecular complexity index is 866. The molecule has 2 aromatic rings. The maximum Gasteiger partial charge on any atom is 0.271 e. The fourth-order valence-corrected chi connectivity index (χ4v) is 2.40. The minimum Gasteiger partial charge on any atom is -0.340 e. The highest BCUT2D eigenvalue weighted by Gasteiger charge is 2.26. The second-order valence-corrected chi connectivity index (χ2v) is 6.47. The fourth-order valence-electron chi connectivity index (χ4n) is 2.40. The van der Waals surface area contributed by atoms with Crippen molar-refractivity contribution in [3.63, 3.8) is 0 Å². The lowest BCUT2D eigenvalue weighted by Crippen LogP contribution is -2.47. The second kappa shape index (κ2) is 8.39. The summed E-state index contributed by atoms with van der Waals surface area (Å²) in [7, 11) is 0. The number of nitro groups is 1. The van der Waals surface area contributed by atoms with Crippen LogP contribution in [0, 0.1) is 28.8 Å². The van der Waals surface area contributed by atoms with Crippen molar-refractivity contribution in [2.45, 2.75) is 26.8 Å². The summed E-state index contributed by atoms with van der Waals surface area (Å²) in [6.45, 7) is 5.34. The van der Waals surface area contributed by atoms with E-state index < -0.39 is 28.6 Å². The van der Waals surface area contributed by atoms with Gasteiger partial charge in [-0.25, -0.2) is 4.39 Å². The predicted molar refractivity (Wildman–Crippen MR) is 99.0 cm³/mol. The normalized spacial score (nSPS) is 11.7. The molecule has 0 spiro atoms. The lowest BCUT2D eigenvalue weighted by Gasteiger charge is -2.22. The van der Waals surface area contributed by atoms with Gasteiger partial charge in [-0.2, -0.15) is 0 Å². The molecule has 8 heteroatoms. The number of rotatable bonds is 6. The average Bonchev–Trinajstić information content (AvgIpc) is 2.61. The first-order valence-corrected chi connectivity index (χ1v) is 8.31. The number of hydrogen-bond acceptors (Lipinski definition) is 4. The van der Waals surface area contributed by atoms with Crippen LogP contribution in [0.1, 0.15) is 29.8 Å². The quantitative estimate of drug-likeness (QED) is 0.598. The molecular formula is C19H20FN3O4. The van der Waals surface area contributed by atoms with E-state index in [4.69, 9.17) is 0 Å². The minimum atomic E-state index is -0.947. The van der Waals surface area contributed by atoms with Gasteiger partial charge in [0.1, 0.15) is 11.9 Å². The summed E-state index contributed by atoms with van der Waals surface area (Å²) in [5.41, 5.74) is 0.715. The van der Waals surface area contributed by atoms with Crippen LogP contribution < -0.4 is 10.6 Å². The van der Waals surface area contributed by atoms with Gasteiger partial charge in [0.2, 0.25) is 5.91 Å². The molecule has 27 heavy (non-hydrogen) atoms. The number of nitrogens with zero attached hydrogens (tertiary/aromatic N) is 1. The molecule has 0 aliphatic heterocycles. The monoisotopic (exact) mass is 373 g/mol. The van der Waals surface area contributed by atoms with E-state index in [1.165, 1.54) is 0 Å². The predicted octanol–water partition coefficient (Wildman–Crippen LogP) is 3.44. The van der Waals surface area contributed by atoms with E-state index in [9.17, 15) is 24.1 Å². The van der Waals surface area contributed by atoms with Crippen LogP contribution in [0.3, 0.4) is 0 Å². The van der Waals surface area contributed by atoms with E-state index in [2.05, 4.69) is 10.6 Å². The fraction of sp³-hybridized carbons (Fsp3) is 0.263. The van der Waals surface area contributed by atoms with Crippen LogP contribution in [0.2, 0.25) is 0 Å². The summed E-state index contributed by atoms with van der Waals surface area (Å²) < 4.78 is 13.9. The van der Waals surface area contributed by atoms with Gasteiger partial charge in [-0.3, -0.25) is 19.7 Å². The Labute approximate surface area is 155 Å². The van der Waals surface area contributed by atoms with Gasteiger partial charge in [0.05, 0.1) is 10.6 Å². The van der Waals surface area contributed by atoms with Gasteiger partial charge < -0.3 is 10.6 Å². The van der Waals surface area contributed by atoms with Crippen LogP contribution in [0.5, 0.6) is 0 Å². The number of anilines is 1. The van der Waals surface area contributed by atoms with Crippen LogP contribution in [0.25, 0.3) is 0 Å². The summed E-state index contributed by atoms with van der Waals surface area (Å²) in [4.78, 5) is 35.1. The molecule has 2 aromatic carbocycles. The summed E-state index contributed by atoms with van der Waals surface area (Å²) in [5.74, 6) is -2.20. The SMILES string of the molecule is Cc1ccc(C(=O)N[C@H](C(=O)Nc2cc([N+](=O)[O-])ccc2F)C(C)C)cc1. The Morgan fingerprint density at radius 2 is 1.74 bits per heavy atom. The third kappa shape index (κ3) is 5.10. The largest absolute Gasteiger partial charge is 0.340 e. The zero-order chi connectivity index (χ0) is 20.1. The maximum atomic E-state index is 13.9. The molecule has 2 amide bonds. The lowest BCUT2D eigenvalue weighted by molar-refractivity contribution is -0.384. The highest BCUT2D eigenvalue weighted by Crippen LogP contribution is 2.22. The number of nitrogens with one attached hydrogen (secondary N) is 2. The molecule has 0 radical (unpaired) electrons. The van der Waals surface area contributed by atoms with Gasteiger partial charge in [0.25, 0.3) is 11.6 Å². The van der Waals surface area contributed by atoms with E-state index in [0.29, 0.717) is 5.56 Å². The van der Waals surface area contributed by atoms with Crippen molar-refractivity contribution in [3.8, 4) is 0 Å². The first kappa shape index (κ1) is 20.0. The zero-order valence-electron chi connectivity index (χ0n) is 15.2. The van der Waals surface area contributed by atoms with Gasteiger partial charge in [-0.15, -0.1) is 0 Å². The van der Waals surface area contributed by atoms with E-state index in [-0.39, 0.29) is 17.3 Å². The van der Waals surface area contributed by atoms with Crippen molar-refractivity contribution in [2.75, 3.05) is 5.32 Å². The molecule has 0 heterocycles. The van der Waals surface area contributed by atoms with Crippen molar-refractivity contribution in [1.29, 1.82) is 0 Å². The molecule has 0 fully saturated rings. The number of aryl methyl sites for hydroxylation is 1. The van der Waals surface area contributed by atoms with Crippen LogP contribution in [0.15, 0.2) is 42.5 Å². The summed E-state index contributed by atoms with van der Waals surface area (Å²) in [6.07, 6.45) is 0. The molecule has 7 nitrogen and oxygen atoms in total. The van der Waals surface area contributed by atoms with Crippen molar-refractivity contribution in [2.24, 2.45) is 5.92 Å². The van der Waals surface area contributed by atoms with Gasteiger partial charge >= 0.3 is 0 Å². The molecule has 0 aliphatic carbocycles. The van der Waals surface area contributed by atoms with Gasteiger partial charge in [0, 0.05) is 17.7 Å². The highest BCUT2D eigenvalue weighted by atomic mass is 19.1. The molecule has 0 aliphatic rings. The van der Waals surface area contributed by atoms with Gasteiger partial charge in [-0.05, 0) is 31.0 Å².